The van der Waals surface area contributed by atoms with Crippen LogP contribution in [0.5, 0.6) is 0 Å². The molecule has 2 aromatic rings. The number of rotatable bonds is 3. The molecule has 0 spiro atoms. The Hall–Kier alpha value is -1.62. The maximum Gasteiger partial charge on any atom is 0.253 e. The Morgan fingerprint density at radius 2 is 1.64 bits per heavy atom. The third-order valence-corrected chi connectivity index (χ3v) is 4.47. The van der Waals surface area contributed by atoms with Crippen LogP contribution in [-0.2, 0) is 11.3 Å². The molecule has 1 saturated heterocycles. The van der Waals surface area contributed by atoms with Crippen LogP contribution in [0.2, 0.25) is 10.0 Å². The van der Waals surface area contributed by atoms with E-state index in [9.17, 15) is 4.79 Å². The first-order chi connectivity index (χ1) is 10.6. The maximum absolute atomic E-state index is 12.4. The minimum atomic E-state index is -0.129. The Kier molecular flexibility index (Phi) is 4.34. The number of amides is 1. The van der Waals surface area contributed by atoms with E-state index >= 15 is 0 Å². The van der Waals surface area contributed by atoms with E-state index in [0.717, 1.165) is 5.56 Å². The fourth-order valence-corrected chi connectivity index (χ4v) is 3.29. The predicted octanol–water partition coefficient (Wildman–Crippen LogP) is 4.13. The summed E-state index contributed by atoms with van der Waals surface area (Å²) in [5.74, 6) is -0.129. The number of benzene rings is 2. The number of anilines is 1. The molecule has 0 bridgehead atoms. The number of halogens is 2. The number of para-hydroxylation sites is 1. The van der Waals surface area contributed by atoms with Gasteiger partial charge in [-0.15, -0.1) is 0 Å². The third-order valence-electron chi connectivity index (χ3n) is 3.41. The summed E-state index contributed by atoms with van der Waals surface area (Å²) < 4.78 is 0. The summed E-state index contributed by atoms with van der Waals surface area (Å²) in [4.78, 5) is 15.6. The number of carbonyl (C=O) groups is 1. The molecule has 3 nitrogen and oxygen atoms in total. The average Bonchev–Trinajstić information content (AvgIpc) is 2.76. The summed E-state index contributed by atoms with van der Waals surface area (Å²) in [5.41, 5.74) is 1.54. The lowest BCUT2D eigenvalue weighted by Crippen LogP contribution is -2.33. The highest BCUT2D eigenvalue weighted by Gasteiger charge is 2.35. The predicted molar refractivity (Wildman–Crippen MR) is 93.4 cm³/mol. The highest BCUT2D eigenvalue weighted by atomic mass is 35.5. The van der Waals surface area contributed by atoms with Gasteiger partial charge in [-0.2, -0.15) is 0 Å². The minimum absolute atomic E-state index is 0.129. The standard InChI is InChI=1S/C16H12Cl2N2OS/c17-12-7-4-8-13(18)15(12)20-14(21)10-19(16(20)22)9-11-5-2-1-3-6-11/h1-8H,9-10H2. The van der Waals surface area contributed by atoms with Crippen molar-refractivity contribution in [3.05, 3.63) is 64.1 Å². The maximum atomic E-state index is 12.4. The van der Waals surface area contributed by atoms with E-state index in [2.05, 4.69) is 0 Å². The van der Waals surface area contributed by atoms with Crippen molar-refractivity contribution in [1.29, 1.82) is 0 Å². The summed E-state index contributed by atoms with van der Waals surface area (Å²) in [7, 11) is 0. The summed E-state index contributed by atoms with van der Waals surface area (Å²) in [5, 5.41) is 1.23. The first kappa shape index (κ1) is 15.3. The van der Waals surface area contributed by atoms with Crippen LogP contribution in [0.25, 0.3) is 0 Å². The molecular weight excluding hydrogens is 339 g/mol. The van der Waals surface area contributed by atoms with Crippen LogP contribution in [0, 0.1) is 0 Å². The largest absolute Gasteiger partial charge is 0.335 e. The number of carbonyl (C=O) groups excluding carboxylic acids is 1. The van der Waals surface area contributed by atoms with Crippen molar-refractivity contribution in [3.8, 4) is 0 Å². The molecule has 1 fully saturated rings. The molecule has 6 heteroatoms. The fourth-order valence-electron chi connectivity index (χ4n) is 2.40. The van der Waals surface area contributed by atoms with Crippen molar-refractivity contribution in [3.63, 3.8) is 0 Å². The van der Waals surface area contributed by atoms with Gasteiger partial charge < -0.3 is 4.90 Å². The van der Waals surface area contributed by atoms with Crippen molar-refractivity contribution in [2.75, 3.05) is 11.4 Å². The quantitative estimate of drug-likeness (QED) is 0.777. The second-order valence-electron chi connectivity index (χ2n) is 4.92. The van der Waals surface area contributed by atoms with Gasteiger partial charge in [-0.1, -0.05) is 59.6 Å². The van der Waals surface area contributed by atoms with Gasteiger partial charge in [0.25, 0.3) is 5.91 Å². The van der Waals surface area contributed by atoms with Crippen LogP contribution in [-0.4, -0.2) is 22.5 Å². The monoisotopic (exact) mass is 350 g/mol. The second kappa shape index (κ2) is 6.24. The molecule has 0 N–H and O–H groups in total. The van der Waals surface area contributed by atoms with E-state index in [1.165, 1.54) is 4.90 Å². The number of nitrogens with zero attached hydrogens (tertiary/aromatic N) is 2. The molecule has 22 heavy (non-hydrogen) atoms. The van der Waals surface area contributed by atoms with Gasteiger partial charge in [0, 0.05) is 6.54 Å². The zero-order valence-corrected chi connectivity index (χ0v) is 13.8. The molecule has 0 aromatic heterocycles. The normalized spacial score (nSPS) is 14.8. The SMILES string of the molecule is O=C1CN(Cc2ccccc2)C(=S)N1c1c(Cl)cccc1Cl. The molecule has 2 aromatic carbocycles. The van der Waals surface area contributed by atoms with E-state index in [-0.39, 0.29) is 12.5 Å². The van der Waals surface area contributed by atoms with E-state index in [4.69, 9.17) is 35.4 Å². The van der Waals surface area contributed by atoms with Gasteiger partial charge in [-0.3, -0.25) is 9.69 Å². The summed E-state index contributed by atoms with van der Waals surface area (Å²) in [6.07, 6.45) is 0. The Bertz CT molecular complexity index is 716. The molecule has 112 valence electrons. The average molecular weight is 351 g/mol. The Balaban J connectivity index is 1.89. The summed E-state index contributed by atoms with van der Waals surface area (Å²) in [6, 6.07) is 15.0. The zero-order chi connectivity index (χ0) is 15.7. The summed E-state index contributed by atoms with van der Waals surface area (Å²) in [6.45, 7) is 0.791. The van der Waals surface area contributed by atoms with Gasteiger partial charge in [0.1, 0.15) is 6.54 Å². The van der Waals surface area contributed by atoms with Crippen LogP contribution >= 0.6 is 35.4 Å². The molecule has 3 rings (SSSR count). The van der Waals surface area contributed by atoms with Crippen LogP contribution in [0.3, 0.4) is 0 Å². The minimum Gasteiger partial charge on any atom is -0.335 e. The molecule has 1 amide bonds. The van der Waals surface area contributed by atoms with Gasteiger partial charge in [0.2, 0.25) is 0 Å². The number of hydrogen-bond donors (Lipinski definition) is 0. The molecular formula is C16H12Cl2N2OS. The van der Waals surface area contributed by atoms with Crippen LogP contribution in [0.15, 0.2) is 48.5 Å². The highest BCUT2D eigenvalue weighted by Crippen LogP contribution is 2.36. The molecule has 0 atom stereocenters. The van der Waals surface area contributed by atoms with Gasteiger partial charge in [-0.05, 0) is 29.9 Å². The van der Waals surface area contributed by atoms with Gasteiger partial charge in [-0.25, -0.2) is 0 Å². The van der Waals surface area contributed by atoms with E-state index < -0.39 is 0 Å². The van der Waals surface area contributed by atoms with Gasteiger partial charge in [0.15, 0.2) is 5.11 Å². The van der Waals surface area contributed by atoms with Gasteiger partial charge in [0.05, 0.1) is 15.7 Å². The van der Waals surface area contributed by atoms with Gasteiger partial charge >= 0.3 is 0 Å². The number of thiocarbonyl (C=S) groups is 1. The van der Waals surface area contributed by atoms with Crippen LogP contribution < -0.4 is 4.90 Å². The Morgan fingerprint density at radius 1 is 1.00 bits per heavy atom. The smallest absolute Gasteiger partial charge is 0.253 e. The van der Waals surface area contributed by atoms with Crippen molar-refractivity contribution in [2.24, 2.45) is 0 Å². The first-order valence-electron chi connectivity index (χ1n) is 6.67. The topological polar surface area (TPSA) is 23.6 Å². The third kappa shape index (κ3) is 2.82. The molecule has 1 heterocycles. The fraction of sp³-hybridized carbons (Fsp3) is 0.125. The molecule has 0 aliphatic carbocycles. The molecule has 0 radical (unpaired) electrons. The van der Waals surface area contributed by atoms with E-state index in [1.54, 1.807) is 18.2 Å². The lowest BCUT2D eigenvalue weighted by molar-refractivity contribution is -0.116. The van der Waals surface area contributed by atoms with Crippen LogP contribution in [0.1, 0.15) is 5.56 Å². The van der Waals surface area contributed by atoms with Crippen molar-refractivity contribution in [2.45, 2.75) is 6.54 Å². The molecule has 0 saturated carbocycles. The van der Waals surface area contributed by atoms with Crippen LogP contribution in [0.4, 0.5) is 5.69 Å². The zero-order valence-electron chi connectivity index (χ0n) is 11.5. The van der Waals surface area contributed by atoms with Crippen molar-refractivity contribution >= 4 is 52.1 Å². The van der Waals surface area contributed by atoms with Crippen molar-refractivity contribution < 1.29 is 4.79 Å². The van der Waals surface area contributed by atoms with E-state index in [1.807, 2.05) is 35.2 Å². The van der Waals surface area contributed by atoms with Crippen molar-refractivity contribution in [1.82, 2.24) is 4.90 Å². The Labute approximate surface area is 144 Å². The molecule has 1 aliphatic heterocycles. The summed E-state index contributed by atoms with van der Waals surface area (Å²) >= 11 is 17.8. The lowest BCUT2D eigenvalue weighted by Gasteiger charge is -2.22. The first-order valence-corrected chi connectivity index (χ1v) is 7.84. The molecule has 0 unspecified atom stereocenters. The molecule has 1 aliphatic rings. The lowest BCUT2D eigenvalue weighted by atomic mass is 10.2. The number of hydrogen-bond acceptors (Lipinski definition) is 2. The van der Waals surface area contributed by atoms with E-state index in [0.29, 0.717) is 27.4 Å². The highest BCUT2D eigenvalue weighted by molar-refractivity contribution is 7.80. The Morgan fingerprint density at radius 3 is 2.27 bits per heavy atom. The second-order valence-corrected chi connectivity index (χ2v) is 6.10.